The molecule has 2 atom stereocenters. The molecule has 20 heavy (non-hydrogen) atoms. The van der Waals surface area contributed by atoms with Gasteiger partial charge in [0.2, 0.25) is 0 Å². The maximum absolute atomic E-state index is 6.24. The van der Waals surface area contributed by atoms with Gasteiger partial charge in [-0.2, -0.15) is 0 Å². The Bertz CT molecular complexity index is 322. The van der Waals surface area contributed by atoms with Crippen molar-refractivity contribution in [1.82, 2.24) is 9.80 Å². The average molecular weight is 283 g/mol. The van der Waals surface area contributed by atoms with Crippen LogP contribution in [0.15, 0.2) is 0 Å². The van der Waals surface area contributed by atoms with Gasteiger partial charge in [0.25, 0.3) is 0 Å². The van der Waals surface area contributed by atoms with E-state index < -0.39 is 0 Å². The predicted octanol–water partition coefficient (Wildman–Crippen LogP) is 1.54. The summed E-state index contributed by atoms with van der Waals surface area (Å²) in [5.41, 5.74) is 5.71. The summed E-state index contributed by atoms with van der Waals surface area (Å²) >= 11 is 0. The summed E-state index contributed by atoms with van der Waals surface area (Å²) in [6.45, 7) is 17.7. The van der Waals surface area contributed by atoms with Gasteiger partial charge >= 0.3 is 0 Å². The summed E-state index contributed by atoms with van der Waals surface area (Å²) in [5, 5.41) is 0. The van der Waals surface area contributed by atoms with Gasteiger partial charge in [-0.05, 0) is 46.6 Å². The zero-order valence-electron chi connectivity index (χ0n) is 14.0. The van der Waals surface area contributed by atoms with E-state index in [4.69, 9.17) is 10.5 Å². The van der Waals surface area contributed by atoms with Crippen LogP contribution in [0.5, 0.6) is 0 Å². The molecule has 0 aromatic heterocycles. The van der Waals surface area contributed by atoms with E-state index in [-0.39, 0.29) is 11.2 Å². The van der Waals surface area contributed by atoms with Gasteiger partial charge in [0, 0.05) is 38.8 Å². The first-order chi connectivity index (χ1) is 9.23. The number of ether oxygens (including phenoxy) is 1. The van der Waals surface area contributed by atoms with Gasteiger partial charge in [0.05, 0.1) is 11.2 Å². The zero-order valence-corrected chi connectivity index (χ0v) is 14.0. The molecule has 2 unspecified atom stereocenters. The van der Waals surface area contributed by atoms with E-state index in [1.54, 1.807) is 0 Å². The quantitative estimate of drug-likeness (QED) is 0.850. The van der Waals surface area contributed by atoms with Crippen LogP contribution in [-0.2, 0) is 4.74 Å². The van der Waals surface area contributed by atoms with Gasteiger partial charge in [-0.1, -0.05) is 6.92 Å². The third-order valence-electron chi connectivity index (χ3n) is 4.85. The van der Waals surface area contributed by atoms with Crippen molar-refractivity contribution in [1.29, 1.82) is 0 Å². The number of nitrogens with two attached hydrogens (primary N) is 1. The van der Waals surface area contributed by atoms with Crippen molar-refractivity contribution in [2.45, 2.75) is 58.3 Å². The van der Waals surface area contributed by atoms with E-state index in [0.29, 0.717) is 12.0 Å². The minimum absolute atomic E-state index is 0.0133. The van der Waals surface area contributed by atoms with Crippen LogP contribution < -0.4 is 5.73 Å². The Hall–Kier alpha value is -0.160. The lowest BCUT2D eigenvalue weighted by Crippen LogP contribution is -2.55. The van der Waals surface area contributed by atoms with Gasteiger partial charge < -0.3 is 15.4 Å². The lowest BCUT2D eigenvalue weighted by atomic mass is 9.92. The maximum Gasteiger partial charge on any atom is 0.0789 e. The monoisotopic (exact) mass is 283 g/mol. The van der Waals surface area contributed by atoms with Crippen molar-refractivity contribution in [3.05, 3.63) is 0 Å². The van der Waals surface area contributed by atoms with Crippen LogP contribution in [0.2, 0.25) is 0 Å². The van der Waals surface area contributed by atoms with Crippen LogP contribution in [0, 0.1) is 5.92 Å². The number of piperazine rings is 1. The molecule has 2 N–H and O–H groups in total. The molecule has 4 nitrogen and oxygen atoms in total. The molecule has 0 saturated carbocycles. The predicted molar refractivity (Wildman–Crippen MR) is 83.9 cm³/mol. The van der Waals surface area contributed by atoms with Crippen LogP contribution in [0.25, 0.3) is 0 Å². The highest BCUT2D eigenvalue weighted by atomic mass is 16.5. The molecule has 118 valence electrons. The van der Waals surface area contributed by atoms with E-state index in [9.17, 15) is 0 Å². The molecule has 0 amide bonds. The Balaban J connectivity index is 1.88. The highest BCUT2D eigenvalue weighted by Gasteiger charge is 2.48. The summed E-state index contributed by atoms with van der Waals surface area (Å²) < 4.78 is 6.24. The number of nitrogens with zero attached hydrogens (tertiary/aromatic N) is 2. The van der Waals surface area contributed by atoms with Crippen LogP contribution >= 0.6 is 0 Å². The first-order valence-electron chi connectivity index (χ1n) is 8.10. The summed E-state index contributed by atoms with van der Waals surface area (Å²) in [6.07, 6.45) is 1.14. The average Bonchev–Trinajstić information content (AvgIpc) is 2.58. The van der Waals surface area contributed by atoms with Gasteiger partial charge in [-0.25, -0.2) is 0 Å². The molecule has 2 aliphatic heterocycles. The minimum atomic E-state index is -0.0315. The Morgan fingerprint density at radius 2 is 1.75 bits per heavy atom. The number of hydrogen-bond acceptors (Lipinski definition) is 4. The summed E-state index contributed by atoms with van der Waals surface area (Å²) in [5.74, 6) is 0.603. The molecule has 0 radical (unpaired) electrons. The third-order valence-corrected chi connectivity index (χ3v) is 4.85. The standard InChI is InChI=1S/C16H33N3O/c1-13(11-17)12-18-6-8-19(9-7-18)14-10-15(2,3)20-16(14,4)5/h13-14H,6-12,17H2,1-5H3. The van der Waals surface area contributed by atoms with E-state index in [2.05, 4.69) is 44.4 Å². The fraction of sp³-hybridized carbons (Fsp3) is 1.00. The summed E-state index contributed by atoms with van der Waals surface area (Å²) in [7, 11) is 0. The number of rotatable bonds is 4. The second kappa shape index (κ2) is 5.91. The minimum Gasteiger partial charge on any atom is -0.368 e. The molecular formula is C16H33N3O. The molecule has 2 aliphatic rings. The SMILES string of the molecule is CC(CN)CN1CCN(C2CC(C)(C)OC2(C)C)CC1. The fourth-order valence-electron chi connectivity index (χ4n) is 3.87. The molecule has 0 aromatic carbocycles. The van der Waals surface area contributed by atoms with Crippen molar-refractivity contribution in [3.8, 4) is 0 Å². The molecular weight excluding hydrogens is 250 g/mol. The van der Waals surface area contributed by atoms with Crippen LogP contribution in [0.3, 0.4) is 0 Å². The molecule has 2 fully saturated rings. The Morgan fingerprint density at radius 3 is 2.20 bits per heavy atom. The third kappa shape index (κ3) is 3.73. The normalized spacial score (nSPS) is 32.4. The molecule has 4 heteroatoms. The van der Waals surface area contributed by atoms with E-state index >= 15 is 0 Å². The summed E-state index contributed by atoms with van der Waals surface area (Å²) in [4.78, 5) is 5.19. The molecule has 0 spiro atoms. The maximum atomic E-state index is 6.24. The first kappa shape index (κ1) is 16.2. The highest BCUT2D eigenvalue weighted by molar-refractivity contribution is 5.00. The first-order valence-corrected chi connectivity index (χ1v) is 8.10. The Kier molecular flexibility index (Phi) is 4.80. The number of hydrogen-bond donors (Lipinski definition) is 1. The van der Waals surface area contributed by atoms with Crippen LogP contribution in [0.1, 0.15) is 41.0 Å². The van der Waals surface area contributed by atoms with Gasteiger partial charge in [0.1, 0.15) is 0 Å². The second-order valence-electron chi connectivity index (χ2n) is 7.86. The molecule has 2 rings (SSSR count). The fourth-order valence-corrected chi connectivity index (χ4v) is 3.87. The topological polar surface area (TPSA) is 41.7 Å². The molecule has 2 heterocycles. The highest BCUT2D eigenvalue weighted by Crippen LogP contribution is 2.40. The molecule has 0 aromatic rings. The van der Waals surface area contributed by atoms with Crippen molar-refractivity contribution in [2.75, 3.05) is 39.3 Å². The van der Waals surface area contributed by atoms with Crippen LogP contribution in [0.4, 0.5) is 0 Å². The van der Waals surface area contributed by atoms with Crippen molar-refractivity contribution < 1.29 is 4.74 Å². The van der Waals surface area contributed by atoms with Crippen molar-refractivity contribution >= 4 is 0 Å². The lowest BCUT2D eigenvalue weighted by molar-refractivity contribution is -0.0836. The Labute approximate surface area is 124 Å². The van der Waals surface area contributed by atoms with Crippen LogP contribution in [-0.4, -0.2) is 66.3 Å². The van der Waals surface area contributed by atoms with E-state index in [0.717, 1.165) is 45.7 Å². The van der Waals surface area contributed by atoms with Gasteiger partial charge in [-0.15, -0.1) is 0 Å². The van der Waals surface area contributed by atoms with E-state index in [1.165, 1.54) is 0 Å². The van der Waals surface area contributed by atoms with E-state index in [1.807, 2.05) is 0 Å². The lowest BCUT2D eigenvalue weighted by Gasteiger charge is -2.42. The second-order valence-corrected chi connectivity index (χ2v) is 7.86. The molecule has 0 aliphatic carbocycles. The molecule has 0 bridgehead atoms. The van der Waals surface area contributed by atoms with Crippen molar-refractivity contribution in [2.24, 2.45) is 11.7 Å². The van der Waals surface area contributed by atoms with Gasteiger partial charge in [-0.3, -0.25) is 4.90 Å². The molecule has 2 saturated heterocycles. The largest absolute Gasteiger partial charge is 0.368 e. The Morgan fingerprint density at radius 1 is 1.15 bits per heavy atom. The van der Waals surface area contributed by atoms with Gasteiger partial charge in [0.15, 0.2) is 0 Å². The smallest absolute Gasteiger partial charge is 0.0789 e. The van der Waals surface area contributed by atoms with Crippen molar-refractivity contribution in [3.63, 3.8) is 0 Å². The zero-order chi connectivity index (χ0) is 15.0. The summed E-state index contributed by atoms with van der Waals surface area (Å²) in [6, 6.07) is 0.548.